The number of rotatable bonds is 6. The molecule has 1 aromatic rings. The number of ketones is 1. The van der Waals surface area contributed by atoms with E-state index in [1.165, 1.54) is 6.92 Å². The lowest BCUT2D eigenvalue weighted by Crippen LogP contribution is -2.18. The number of pyridine rings is 1. The highest BCUT2D eigenvalue weighted by Gasteiger charge is 2.27. The predicted octanol–water partition coefficient (Wildman–Crippen LogP) is 3.48. The van der Waals surface area contributed by atoms with Gasteiger partial charge in [0.25, 0.3) is 0 Å². The number of carbonyl (C=O) groups is 1. The van der Waals surface area contributed by atoms with E-state index < -0.39 is 87.6 Å². The van der Waals surface area contributed by atoms with Gasteiger partial charge in [-0.1, -0.05) is 6.85 Å². The molecule has 0 bridgehead atoms. The highest BCUT2D eigenvalue weighted by atomic mass is 32.2. The number of benzene rings is 1. The van der Waals surface area contributed by atoms with E-state index in [1.807, 2.05) is 0 Å². The van der Waals surface area contributed by atoms with Crippen molar-refractivity contribution in [2.45, 2.75) is 20.2 Å². The van der Waals surface area contributed by atoms with E-state index >= 15 is 4.39 Å². The fourth-order valence-corrected chi connectivity index (χ4v) is 3.10. The Morgan fingerprint density at radius 1 is 1.41 bits per heavy atom. The highest BCUT2D eigenvalue weighted by Crippen LogP contribution is 2.30. The number of carbonyl (C=O) groups excluding carboxylic acids is 1. The summed E-state index contributed by atoms with van der Waals surface area (Å²) < 4.78 is 117. The van der Waals surface area contributed by atoms with Gasteiger partial charge in [0.15, 0.2) is 5.82 Å². The lowest BCUT2D eigenvalue weighted by molar-refractivity contribution is 0.103. The molecule has 27 heavy (non-hydrogen) atoms. The van der Waals surface area contributed by atoms with Crippen LogP contribution in [0.3, 0.4) is 0 Å². The quantitative estimate of drug-likeness (QED) is 0.619. The standard InChI is InChI=1S/C18H17F2N3O3S/c1-3-6-27(25,26)23-14-5-4-13(19)15(16(14)20)17(24)12-9-22-18-11(12)7-10(2)8-21-18/h4-5,7-9,23H,3,6H2,1-2H3,(H,21,22)/i1D3,4D,5D,7D,8D,9D. The highest BCUT2D eigenvalue weighted by molar-refractivity contribution is 7.92. The maximum atomic E-state index is 15.3. The number of hydrogen-bond donors (Lipinski definition) is 2. The first-order chi connectivity index (χ1) is 16.0. The van der Waals surface area contributed by atoms with E-state index in [9.17, 15) is 17.6 Å². The van der Waals surface area contributed by atoms with Crippen molar-refractivity contribution in [3.05, 3.63) is 58.8 Å². The van der Waals surface area contributed by atoms with Crippen LogP contribution in [0.25, 0.3) is 11.4 Å². The second-order valence-corrected chi connectivity index (χ2v) is 7.29. The summed E-state index contributed by atoms with van der Waals surface area (Å²) in [5.41, 5.74) is -3.70. The van der Waals surface area contributed by atoms with Crippen molar-refractivity contribution in [2.24, 2.45) is 0 Å². The van der Waals surface area contributed by atoms with Crippen molar-refractivity contribution in [1.29, 1.82) is 0 Å². The van der Waals surface area contributed by atoms with Crippen molar-refractivity contribution in [1.82, 2.24) is 9.97 Å². The van der Waals surface area contributed by atoms with E-state index in [-0.39, 0.29) is 23.1 Å². The molecular formula is C18H17F2N3O3S. The summed E-state index contributed by atoms with van der Waals surface area (Å²) in [7, 11) is -4.59. The minimum Gasteiger partial charge on any atom is -0.346 e. The number of nitrogens with one attached hydrogen (secondary N) is 2. The van der Waals surface area contributed by atoms with Crippen LogP contribution in [-0.4, -0.2) is 29.9 Å². The van der Waals surface area contributed by atoms with Crippen LogP contribution in [0, 0.1) is 18.6 Å². The van der Waals surface area contributed by atoms with Crippen molar-refractivity contribution < 1.29 is 33.0 Å². The van der Waals surface area contributed by atoms with Crippen LogP contribution < -0.4 is 4.72 Å². The Morgan fingerprint density at radius 2 is 2.19 bits per heavy atom. The van der Waals surface area contributed by atoms with Gasteiger partial charge in [-0.25, -0.2) is 22.2 Å². The molecule has 0 saturated heterocycles. The fraction of sp³-hybridized carbons (Fsp3) is 0.222. The molecule has 0 saturated carbocycles. The summed E-state index contributed by atoms with van der Waals surface area (Å²) in [5.74, 6) is -6.46. The number of anilines is 1. The lowest BCUT2D eigenvalue weighted by atomic mass is 9.99. The third-order valence-corrected chi connectivity index (χ3v) is 4.74. The minimum atomic E-state index is -4.59. The molecule has 2 heterocycles. The number of hydrogen-bond acceptors (Lipinski definition) is 4. The van der Waals surface area contributed by atoms with Gasteiger partial charge >= 0.3 is 0 Å². The van der Waals surface area contributed by atoms with E-state index in [2.05, 4.69) is 9.97 Å². The number of nitrogens with zero attached hydrogens (tertiary/aromatic N) is 1. The molecule has 0 unspecified atom stereocenters. The molecule has 0 radical (unpaired) electrons. The Balaban J connectivity index is 2.19. The van der Waals surface area contributed by atoms with Gasteiger partial charge < -0.3 is 4.98 Å². The normalized spacial score (nSPS) is 16.4. The first kappa shape index (κ1) is 11.1. The molecule has 0 amide bonds. The van der Waals surface area contributed by atoms with Crippen LogP contribution in [0.4, 0.5) is 14.5 Å². The third kappa shape index (κ3) is 3.68. The molecule has 0 fully saturated rings. The molecule has 2 aliphatic rings. The van der Waals surface area contributed by atoms with Crippen LogP contribution in [0.15, 0.2) is 30.5 Å². The minimum absolute atomic E-state index is 0.0466. The summed E-state index contributed by atoms with van der Waals surface area (Å²) in [6.45, 7) is -1.28. The van der Waals surface area contributed by atoms with Gasteiger partial charge in [0.05, 0.1) is 29.4 Å². The number of halogens is 2. The SMILES string of the molecule is [2H]c1nc2[nH]c([2H])c(C)c([2H])c-2c1C(=O)c1c(F)c([2H])c([2H])c(NS(=O)(=O)CCC([2H])([2H])[2H])c1F. The van der Waals surface area contributed by atoms with Crippen molar-refractivity contribution >= 4 is 21.5 Å². The maximum absolute atomic E-state index is 15.3. The van der Waals surface area contributed by atoms with Crippen LogP contribution >= 0.6 is 0 Å². The first-order valence-corrected chi connectivity index (χ1v) is 9.11. The van der Waals surface area contributed by atoms with Crippen LogP contribution in [-0.2, 0) is 10.0 Å². The van der Waals surface area contributed by atoms with Gasteiger partial charge in [-0.3, -0.25) is 9.52 Å². The Labute approximate surface area is 166 Å². The number of aromatic amines is 1. The third-order valence-electron chi connectivity index (χ3n) is 3.49. The summed E-state index contributed by atoms with van der Waals surface area (Å²) in [6.07, 6.45) is -1.86. The van der Waals surface area contributed by atoms with E-state index in [4.69, 9.17) is 11.0 Å². The summed E-state index contributed by atoms with van der Waals surface area (Å²) in [5, 5.41) is 0. The fourth-order valence-electron chi connectivity index (χ4n) is 2.28. The first-order valence-electron chi connectivity index (χ1n) is 11.5. The topological polar surface area (TPSA) is 91.9 Å². The second-order valence-electron chi connectivity index (χ2n) is 5.45. The zero-order valence-corrected chi connectivity index (χ0v) is 14.6. The van der Waals surface area contributed by atoms with Crippen molar-refractivity contribution in [3.63, 3.8) is 0 Å². The molecule has 3 rings (SSSR count). The van der Waals surface area contributed by atoms with Gasteiger partial charge in [-0.2, -0.15) is 0 Å². The number of sulfonamides is 1. The molecule has 6 nitrogen and oxygen atoms in total. The van der Waals surface area contributed by atoms with E-state index in [0.717, 1.165) is 0 Å². The molecule has 9 heteroatoms. The van der Waals surface area contributed by atoms with Gasteiger partial charge in [0.2, 0.25) is 15.8 Å². The van der Waals surface area contributed by atoms with Gasteiger partial charge in [-0.05, 0) is 37.0 Å². The lowest BCUT2D eigenvalue weighted by Gasteiger charge is -2.11. The molecule has 0 spiro atoms. The largest absolute Gasteiger partial charge is 0.346 e. The zero-order valence-electron chi connectivity index (χ0n) is 21.8. The van der Waals surface area contributed by atoms with Crippen molar-refractivity contribution in [3.8, 4) is 11.4 Å². The molecule has 0 atom stereocenters. The number of fused-ring (bicyclic) bond motifs is 1. The van der Waals surface area contributed by atoms with Gasteiger partial charge in [0, 0.05) is 22.0 Å². The van der Waals surface area contributed by atoms with Crippen molar-refractivity contribution in [2.75, 3.05) is 10.5 Å². The zero-order chi connectivity index (χ0) is 26.6. The van der Waals surface area contributed by atoms with Gasteiger partial charge in [-0.15, -0.1) is 0 Å². The predicted molar refractivity (Wildman–Crippen MR) is 97.4 cm³/mol. The maximum Gasteiger partial charge on any atom is 0.232 e. The summed E-state index contributed by atoms with van der Waals surface area (Å²) >= 11 is 0. The molecule has 0 aromatic heterocycles. The van der Waals surface area contributed by atoms with Crippen LogP contribution in [0.5, 0.6) is 0 Å². The van der Waals surface area contributed by atoms with Crippen LogP contribution in [0.2, 0.25) is 0 Å². The second kappa shape index (κ2) is 7.07. The molecule has 142 valence electrons. The van der Waals surface area contributed by atoms with Gasteiger partial charge in [0.1, 0.15) is 11.6 Å². The number of H-pyrrole nitrogens is 1. The smallest absolute Gasteiger partial charge is 0.232 e. The Hall–Kier alpha value is -2.81. The molecule has 0 aliphatic carbocycles. The molecule has 1 aromatic carbocycles. The Morgan fingerprint density at radius 3 is 2.93 bits per heavy atom. The summed E-state index contributed by atoms with van der Waals surface area (Å²) in [6, 6.07) is -2.98. The molecule has 2 aliphatic heterocycles. The Kier molecular flexibility index (Phi) is 2.91. The molecular weight excluding hydrogens is 376 g/mol. The molecule has 2 N–H and O–H groups in total. The van der Waals surface area contributed by atoms with E-state index in [0.29, 0.717) is 0 Å². The van der Waals surface area contributed by atoms with Crippen LogP contribution in [0.1, 0.15) is 45.7 Å². The summed E-state index contributed by atoms with van der Waals surface area (Å²) in [4.78, 5) is 19.4. The Bertz CT molecular complexity index is 1440. The monoisotopic (exact) mass is 401 g/mol. The average Bonchev–Trinajstić information content (AvgIpc) is 3.07. The average molecular weight is 401 g/mol. The number of aromatic nitrogens is 2. The van der Waals surface area contributed by atoms with E-state index in [1.54, 1.807) is 4.72 Å².